The van der Waals surface area contributed by atoms with E-state index in [-0.39, 0.29) is 17.9 Å². The predicted octanol–water partition coefficient (Wildman–Crippen LogP) is 3.77. The van der Waals surface area contributed by atoms with Crippen molar-refractivity contribution in [2.75, 3.05) is 0 Å². The van der Waals surface area contributed by atoms with E-state index < -0.39 is 5.97 Å². The summed E-state index contributed by atoms with van der Waals surface area (Å²) >= 11 is 5.85. The molecule has 0 aliphatic heterocycles. The number of ketones is 1. The first-order valence-electron chi connectivity index (χ1n) is 7.96. The third kappa shape index (κ3) is 3.68. The zero-order valence-electron chi connectivity index (χ0n) is 14.3. The Morgan fingerprint density at radius 1 is 1.08 bits per heavy atom. The largest absolute Gasteiger partial charge is 0.427 e. The Morgan fingerprint density at radius 2 is 1.77 bits per heavy atom. The second-order valence-electron chi connectivity index (χ2n) is 5.95. The second-order valence-corrected chi connectivity index (χ2v) is 6.39. The molecular formula is C20H16ClNO4. The van der Waals surface area contributed by atoms with Gasteiger partial charge in [0.25, 0.3) is 5.56 Å². The molecule has 3 aromatic rings. The molecule has 1 aromatic heterocycles. The first-order chi connectivity index (χ1) is 12.3. The van der Waals surface area contributed by atoms with Crippen molar-refractivity contribution in [3.8, 4) is 5.75 Å². The fourth-order valence-electron chi connectivity index (χ4n) is 2.79. The van der Waals surface area contributed by atoms with Gasteiger partial charge in [0.2, 0.25) is 0 Å². The van der Waals surface area contributed by atoms with Gasteiger partial charge in [-0.15, -0.1) is 0 Å². The molecule has 2 aromatic carbocycles. The van der Waals surface area contributed by atoms with E-state index in [0.717, 1.165) is 10.9 Å². The van der Waals surface area contributed by atoms with Crippen LogP contribution in [0.25, 0.3) is 10.9 Å². The number of aromatic nitrogens is 1. The lowest BCUT2D eigenvalue weighted by molar-refractivity contribution is -0.131. The minimum Gasteiger partial charge on any atom is -0.427 e. The van der Waals surface area contributed by atoms with Gasteiger partial charge in [-0.05, 0) is 48.9 Å². The van der Waals surface area contributed by atoms with Gasteiger partial charge in [0.05, 0.1) is 12.1 Å². The zero-order valence-corrected chi connectivity index (χ0v) is 15.0. The summed E-state index contributed by atoms with van der Waals surface area (Å²) in [5.41, 5.74) is 1.49. The maximum absolute atomic E-state index is 12.6. The number of hydrogen-bond donors (Lipinski definition) is 0. The minimum absolute atomic E-state index is 0.124. The lowest BCUT2D eigenvalue weighted by atomic mass is 10.1. The maximum Gasteiger partial charge on any atom is 0.308 e. The van der Waals surface area contributed by atoms with E-state index in [9.17, 15) is 14.4 Å². The molecule has 0 fully saturated rings. The Hall–Kier alpha value is -2.92. The van der Waals surface area contributed by atoms with Crippen molar-refractivity contribution in [2.24, 2.45) is 0 Å². The van der Waals surface area contributed by atoms with Crippen molar-refractivity contribution in [1.29, 1.82) is 0 Å². The van der Waals surface area contributed by atoms with Crippen LogP contribution >= 0.6 is 11.6 Å². The number of halogens is 1. The molecule has 5 nitrogen and oxygen atoms in total. The van der Waals surface area contributed by atoms with Gasteiger partial charge in [-0.2, -0.15) is 0 Å². The Labute approximate surface area is 154 Å². The van der Waals surface area contributed by atoms with Gasteiger partial charge in [-0.3, -0.25) is 14.4 Å². The third-order valence-electron chi connectivity index (χ3n) is 4.02. The number of carbonyl (C=O) groups is 2. The molecule has 0 atom stereocenters. The van der Waals surface area contributed by atoms with Crippen molar-refractivity contribution in [3.63, 3.8) is 0 Å². The van der Waals surface area contributed by atoms with Crippen LogP contribution in [0, 0.1) is 6.92 Å². The fourth-order valence-corrected chi connectivity index (χ4v) is 2.92. The second kappa shape index (κ2) is 7.14. The normalized spacial score (nSPS) is 10.7. The van der Waals surface area contributed by atoms with E-state index in [4.69, 9.17) is 16.3 Å². The van der Waals surface area contributed by atoms with Crippen LogP contribution in [-0.2, 0) is 11.3 Å². The molecule has 0 unspecified atom stereocenters. The standard InChI is InChI=1S/C20H16ClNO4/c1-12-9-20(25)22(11-19(24)14-3-5-15(21)6-4-14)18-10-16(26-13(2)23)7-8-17(12)18/h3-10H,11H2,1-2H3. The SMILES string of the molecule is CC(=O)Oc1ccc2c(C)cc(=O)n(CC(=O)c3ccc(Cl)cc3)c2c1. The number of benzene rings is 2. The summed E-state index contributed by atoms with van der Waals surface area (Å²) in [5.74, 6) is -0.349. The van der Waals surface area contributed by atoms with Crippen LogP contribution in [0.2, 0.25) is 5.02 Å². The highest BCUT2D eigenvalue weighted by Crippen LogP contribution is 2.23. The number of esters is 1. The number of fused-ring (bicyclic) bond motifs is 1. The first kappa shape index (κ1) is 17.9. The van der Waals surface area contributed by atoms with Crippen molar-refractivity contribution in [2.45, 2.75) is 20.4 Å². The van der Waals surface area contributed by atoms with Crippen LogP contribution < -0.4 is 10.3 Å². The first-order valence-corrected chi connectivity index (χ1v) is 8.34. The number of Topliss-reactive ketones (excluding diaryl/α,β-unsaturated/α-hetero) is 1. The topological polar surface area (TPSA) is 65.4 Å². The summed E-state index contributed by atoms with van der Waals surface area (Å²) in [6.45, 7) is 3.00. The van der Waals surface area contributed by atoms with E-state index in [1.807, 2.05) is 6.92 Å². The summed E-state index contributed by atoms with van der Waals surface area (Å²) in [5, 5.41) is 1.34. The summed E-state index contributed by atoms with van der Waals surface area (Å²) < 4.78 is 6.49. The average molecular weight is 370 g/mol. The van der Waals surface area contributed by atoms with Gasteiger partial charge in [-0.1, -0.05) is 11.6 Å². The summed E-state index contributed by atoms with van der Waals surface area (Å²) in [4.78, 5) is 36.3. The highest BCUT2D eigenvalue weighted by molar-refractivity contribution is 6.30. The molecular weight excluding hydrogens is 354 g/mol. The predicted molar refractivity (Wildman–Crippen MR) is 100 cm³/mol. The number of nitrogens with zero attached hydrogens (tertiary/aromatic N) is 1. The number of rotatable bonds is 4. The van der Waals surface area contributed by atoms with Crippen LogP contribution in [0.5, 0.6) is 5.75 Å². The lowest BCUT2D eigenvalue weighted by Crippen LogP contribution is -2.24. The van der Waals surface area contributed by atoms with Crippen LogP contribution in [0.3, 0.4) is 0 Å². The number of hydrogen-bond acceptors (Lipinski definition) is 4. The number of aryl methyl sites for hydroxylation is 1. The summed E-state index contributed by atoms with van der Waals surface area (Å²) in [6.07, 6.45) is 0. The molecule has 0 aliphatic carbocycles. The Morgan fingerprint density at radius 3 is 2.42 bits per heavy atom. The smallest absolute Gasteiger partial charge is 0.308 e. The van der Waals surface area contributed by atoms with Gasteiger partial charge in [0.15, 0.2) is 5.78 Å². The van der Waals surface area contributed by atoms with Gasteiger partial charge < -0.3 is 9.30 Å². The monoisotopic (exact) mass is 369 g/mol. The van der Waals surface area contributed by atoms with E-state index in [2.05, 4.69) is 0 Å². The highest BCUT2D eigenvalue weighted by Gasteiger charge is 2.13. The van der Waals surface area contributed by atoms with Crippen molar-refractivity contribution in [3.05, 3.63) is 75.0 Å². The molecule has 0 radical (unpaired) electrons. The Kier molecular flexibility index (Phi) is 4.91. The highest BCUT2D eigenvalue weighted by atomic mass is 35.5. The van der Waals surface area contributed by atoms with E-state index in [0.29, 0.717) is 21.9 Å². The third-order valence-corrected chi connectivity index (χ3v) is 4.27. The zero-order chi connectivity index (χ0) is 18.8. The van der Waals surface area contributed by atoms with Crippen LogP contribution in [0.4, 0.5) is 0 Å². The molecule has 0 N–H and O–H groups in total. The Balaban J connectivity index is 2.08. The number of ether oxygens (including phenoxy) is 1. The summed E-state index contributed by atoms with van der Waals surface area (Å²) in [7, 11) is 0. The van der Waals surface area contributed by atoms with Crippen LogP contribution in [0.1, 0.15) is 22.8 Å². The van der Waals surface area contributed by atoms with Crippen LogP contribution in [-0.4, -0.2) is 16.3 Å². The molecule has 6 heteroatoms. The maximum atomic E-state index is 12.6. The van der Waals surface area contributed by atoms with Gasteiger partial charge in [0.1, 0.15) is 5.75 Å². The number of carbonyl (C=O) groups excluding carboxylic acids is 2. The molecule has 0 saturated carbocycles. The van der Waals surface area contributed by atoms with E-state index in [1.165, 1.54) is 17.6 Å². The van der Waals surface area contributed by atoms with Crippen molar-refractivity contribution in [1.82, 2.24) is 4.57 Å². The lowest BCUT2D eigenvalue weighted by Gasteiger charge is -2.13. The minimum atomic E-state index is -0.455. The molecule has 0 spiro atoms. The van der Waals surface area contributed by atoms with Crippen LogP contribution in [0.15, 0.2) is 53.3 Å². The van der Waals surface area contributed by atoms with Gasteiger partial charge in [-0.25, -0.2) is 0 Å². The molecule has 132 valence electrons. The van der Waals surface area contributed by atoms with Gasteiger partial charge in [0, 0.05) is 35.0 Å². The molecule has 0 saturated heterocycles. The van der Waals surface area contributed by atoms with Crippen molar-refractivity contribution < 1.29 is 14.3 Å². The molecule has 26 heavy (non-hydrogen) atoms. The van der Waals surface area contributed by atoms with E-state index in [1.54, 1.807) is 42.5 Å². The molecule has 1 heterocycles. The Bertz CT molecular complexity index is 1070. The molecule has 3 rings (SSSR count). The summed E-state index contributed by atoms with van der Waals surface area (Å²) in [6, 6.07) is 13.0. The quantitative estimate of drug-likeness (QED) is 0.399. The average Bonchev–Trinajstić information content (AvgIpc) is 2.58. The fraction of sp³-hybridized carbons (Fsp3) is 0.150. The molecule has 0 amide bonds. The van der Waals surface area contributed by atoms with E-state index >= 15 is 0 Å². The molecule has 0 aliphatic rings. The molecule has 0 bridgehead atoms. The number of pyridine rings is 1. The van der Waals surface area contributed by atoms with Gasteiger partial charge >= 0.3 is 5.97 Å². The van der Waals surface area contributed by atoms with Crippen molar-refractivity contribution >= 4 is 34.3 Å².